The molecule has 0 saturated heterocycles. The molecular weight excluding hydrogens is 321 g/mol. The zero-order valence-corrected chi connectivity index (χ0v) is 13.8. The number of nitrogens with one attached hydrogen (secondary N) is 1. The molecule has 1 aromatic carbocycles. The summed E-state index contributed by atoms with van der Waals surface area (Å²) in [5.74, 6) is -0.606. The lowest BCUT2D eigenvalue weighted by Crippen LogP contribution is -2.49. The van der Waals surface area contributed by atoms with E-state index in [0.29, 0.717) is 0 Å². The minimum atomic E-state index is -4.35. The van der Waals surface area contributed by atoms with Gasteiger partial charge in [-0.3, -0.25) is 9.69 Å². The maximum Gasteiger partial charge on any atom is 0.401 e. The monoisotopic (exact) mass is 344 g/mol. The van der Waals surface area contributed by atoms with E-state index in [4.69, 9.17) is 0 Å². The molecule has 134 valence electrons. The maximum atomic E-state index is 12.5. The molecule has 1 aliphatic carbocycles. The number of likely N-dealkylation sites (N-methyl/N-ethyl adjacent to an activating group) is 1. The van der Waals surface area contributed by atoms with Crippen LogP contribution in [-0.4, -0.2) is 48.3 Å². The molecular formula is C17H23F3N2O2. The average Bonchev–Trinajstić information content (AvgIpc) is 2.52. The molecule has 0 heterocycles. The van der Waals surface area contributed by atoms with Gasteiger partial charge in [-0.1, -0.05) is 24.3 Å². The van der Waals surface area contributed by atoms with Gasteiger partial charge in [0.2, 0.25) is 5.91 Å². The Labute approximate surface area is 139 Å². The number of hydrogen-bond acceptors (Lipinski definition) is 3. The molecule has 2 N–H and O–H groups in total. The van der Waals surface area contributed by atoms with E-state index < -0.39 is 24.7 Å². The summed E-state index contributed by atoms with van der Waals surface area (Å²) in [6.07, 6.45) is -2.81. The number of aliphatic hydroxyl groups excluding tert-OH is 1. The van der Waals surface area contributed by atoms with Crippen molar-refractivity contribution in [1.29, 1.82) is 0 Å². The number of carbonyl (C=O) groups is 1. The van der Waals surface area contributed by atoms with Crippen molar-refractivity contribution in [3.05, 3.63) is 35.4 Å². The van der Waals surface area contributed by atoms with Crippen LogP contribution in [0.4, 0.5) is 13.2 Å². The number of amides is 1. The first-order chi connectivity index (χ1) is 11.2. The number of carbonyl (C=O) groups excluding carboxylic acids is 1. The number of alkyl halides is 3. The predicted octanol–water partition coefficient (Wildman–Crippen LogP) is 2.28. The van der Waals surface area contributed by atoms with Gasteiger partial charge in [0, 0.05) is 12.5 Å². The molecule has 0 unspecified atom stereocenters. The topological polar surface area (TPSA) is 52.6 Å². The van der Waals surface area contributed by atoms with Crippen molar-refractivity contribution in [1.82, 2.24) is 10.2 Å². The van der Waals surface area contributed by atoms with Gasteiger partial charge in [-0.25, -0.2) is 0 Å². The minimum absolute atomic E-state index is 0.0773. The average molecular weight is 344 g/mol. The van der Waals surface area contributed by atoms with Crippen LogP contribution in [0.2, 0.25) is 0 Å². The second-order valence-corrected chi connectivity index (χ2v) is 6.37. The van der Waals surface area contributed by atoms with Crippen LogP contribution < -0.4 is 5.32 Å². The van der Waals surface area contributed by atoms with E-state index >= 15 is 0 Å². The first-order valence-electron chi connectivity index (χ1n) is 7.99. The maximum absolute atomic E-state index is 12.5. The third-order valence-corrected chi connectivity index (χ3v) is 4.65. The summed E-state index contributed by atoms with van der Waals surface area (Å²) in [5, 5.41) is 12.4. The normalized spacial score (nSPS) is 22.1. The third kappa shape index (κ3) is 4.48. The summed E-state index contributed by atoms with van der Waals surface area (Å²) in [5.41, 5.74) is 2.03. The molecule has 0 saturated carbocycles. The number of benzene rings is 1. The molecule has 2 rings (SSSR count). The third-order valence-electron chi connectivity index (χ3n) is 4.65. The van der Waals surface area contributed by atoms with Crippen LogP contribution in [0.3, 0.4) is 0 Å². The van der Waals surface area contributed by atoms with Crippen LogP contribution in [0.1, 0.15) is 30.5 Å². The lowest BCUT2D eigenvalue weighted by Gasteiger charge is -2.35. The Balaban J connectivity index is 2.11. The fourth-order valence-corrected chi connectivity index (χ4v) is 3.11. The number of aryl methyl sites for hydroxylation is 1. The Kier molecular flexibility index (Phi) is 5.87. The second-order valence-electron chi connectivity index (χ2n) is 6.37. The molecule has 3 atom stereocenters. The van der Waals surface area contributed by atoms with Crippen molar-refractivity contribution < 1.29 is 23.1 Å². The van der Waals surface area contributed by atoms with E-state index in [-0.39, 0.29) is 18.6 Å². The molecule has 0 bridgehead atoms. The molecule has 24 heavy (non-hydrogen) atoms. The van der Waals surface area contributed by atoms with Crippen molar-refractivity contribution >= 4 is 5.91 Å². The van der Waals surface area contributed by atoms with Gasteiger partial charge in [0.25, 0.3) is 0 Å². The van der Waals surface area contributed by atoms with Gasteiger partial charge >= 0.3 is 6.18 Å². The van der Waals surface area contributed by atoms with Crippen molar-refractivity contribution in [3.8, 4) is 0 Å². The molecule has 0 aliphatic heterocycles. The van der Waals surface area contributed by atoms with Crippen LogP contribution in [0.25, 0.3) is 0 Å². The molecule has 0 fully saturated rings. The summed E-state index contributed by atoms with van der Waals surface area (Å²) in [4.78, 5) is 13.4. The van der Waals surface area contributed by atoms with E-state index in [1.165, 1.54) is 14.0 Å². The van der Waals surface area contributed by atoms with Gasteiger partial charge in [-0.05, 0) is 37.9 Å². The molecule has 1 aromatic rings. The molecule has 7 heteroatoms. The van der Waals surface area contributed by atoms with Crippen LogP contribution in [0.15, 0.2) is 24.3 Å². The van der Waals surface area contributed by atoms with E-state index in [9.17, 15) is 23.1 Å². The van der Waals surface area contributed by atoms with Crippen molar-refractivity contribution in [2.24, 2.45) is 5.92 Å². The highest BCUT2D eigenvalue weighted by atomic mass is 19.4. The molecule has 1 aliphatic rings. The van der Waals surface area contributed by atoms with E-state index in [1.54, 1.807) is 0 Å². The number of aliphatic hydroxyl groups is 1. The predicted molar refractivity (Wildman–Crippen MR) is 84.4 cm³/mol. The van der Waals surface area contributed by atoms with Crippen LogP contribution in [0.5, 0.6) is 0 Å². The zero-order chi connectivity index (χ0) is 17.9. The summed E-state index contributed by atoms with van der Waals surface area (Å²) in [6, 6.07) is 6.34. The Hall–Kier alpha value is -1.60. The van der Waals surface area contributed by atoms with E-state index in [0.717, 1.165) is 28.9 Å². The summed E-state index contributed by atoms with van der Waals surface area (Å²) in [6.45, 7) is 0.224. The smallest absolute Gasteiger partial charge is 0.396 e. The largest absolute Gasteiger partial charge is 0.401 e. The van der Waals surface area contributed by atoms with Gasteiger partial charge in [-0.15, -0.1) is 0 Å². The highest BCUT2D eigenvalue weighted by Crippen LogP contribution is 2.34. The van der Waals surface area contributed by atoms with Crippen molar-refractivity contribution in [2.45, 2.75) is 38.0 Å². The standard InChI is InChI=1S/C17H23F3N2O2/c1-11(22(2)10-17(18,19)20)16(24)21-15-13(9-23)8-7-12-5-3-4-6-14(12)15/h3-6,11,13,15,23H,7-10H2,1-2H3,(H,21,24)/t11-,13-,15+/m1/s1. The first-order valence-corrected chi connectivity index (χ1v) is 7.99. The number of nitrogens with zero attached hydrogens (tertiary/aromatic N) is 1. The molecule has 4 nitrogen and oxygen atoms in total. The van der Waals surface area contributed by atoms with Crippen molar-refractivity contribution in [3.63, 3.8) is 0 Å². The summed E-state index contributed by atoms with van der Waals surface area (Å²) >= 11 is 0. The Bertz CT molecular complexity index is 577. The fourth-order valence-electron chi connectivity index (χ4n) is 3.11. The minimum Gasteiger partial charge on any atom is -0.396 e. The van der Waals surface area contributed by atoms with Gasteiger partial charge in [-0.2, -0.15) is 13.2 Å². The number of fused-ring (bicyclic) bond motifs is 1. The number of halogens is 3. The fraction of sp³-hybridized carbons (Fsp3) is 0.588. The van der Waals surface area contributed by atoms with Crippen molar-refractivity contribution in [2.75, 3.05) is 20.2 Å². The lowest BCUT2D eigenvalue weighted by atomic mass is 9.80. The second kappa shape index (κ2) is 7.53. The molecule has 0 radical (unpaired) electrons. The summed E-state index contributed by atoms with van der Waals surface area (Å²) < 4.78 is 37.5. The van der Waals surface area contributed by atoms with Crippen LogP contribution >= 0.6 is 0 Å². The molecule has 0 spiro atoms. The number of rotatable bonds is 5. The first kappa shape index (κ1) is 18.7. The highest BCUT2D eigenvalue weighted by Gasteiger charge is 2.35. The van der Waals surface area contributed by atoms with Crippen LogP contribution in [-0.2, 0) is 11.2 Å². The Morgan fingerprint density at radius 3 is 2.71 bits per heavy atom. The molecule has 0 aromatic heterocycles. The van der Waals surface area contributed by atoms with Gasteiger partial charge < -0.3 is 10.4 Å². The van der Waals surface area contributed by atoms with Gasteiger partial charge in [0.1, 0.15) is 0 Å². The van der Waals surface area contributed by atoms with Crippen LogP contribution in [0, 0.1) is 5.92 Å². The quantitative estimate of drug-likeness (QED) is 0.862. The zero-order valence-electron chi connectivity index (χ0n) is 13.8. The summed E-state index contributed by atoms with van der Waals surface area (Å²) in [7, 11) is 1.27. The van der Waals surface area contributed by atoms with Gasteiger partial charge in [0.15, 0.2) is 0 Å². The van der Waals surface area contributed by atoms with E-state index in [1.807, 2.05) is 24.3 Å². The Morgan fingerprint density at radius 2 is 2.08 bits per heavy atom. The highest BCUT2D eigenvalue weighted by molar-refractivity contribution is 5.81. The number of hydrogen-bond donors (Lipinski definition) is 2. The van der Waals surface area contributed by atoms with E-state index in [2.05, 4.69) is 5.32 Å². The molecule has 1 amide bonds. The SMILES string of the molecule is C[C@H](C(=O)N[C@@H]1c2ccccc2CC[C@@H]1CO)N(C)CC(F)(F)F. The lowest BCUT2D eigenvalue weighted by molar-refractivity contribution is -0.151. The van der Waals surface area contributed by atoms with Gasteiger partial charge in [0.05, 0.1) is 18.6 Å². The Morgan fingerprint density at radius 1 is 1.42 bits per heavy atom.